The number of carboxylic acids is 1. The molecule has 0 amide bonds. The Balaban J connectivity index is 1.83. The number of anilines is 2. The van der Waals surface area contributed by atoms with Gasteiger partial charge in [-0.1, -0.05) is 6.07 Å². The number of carbonyl (C=O) groups is 1. The molecule has 0 aliphatic carbocycles. The largest absolute Gasteiger partial charge is 0.478 e. The zero-order valence-electron chi connectivity index (χ0n) is 12.1. The smallest absolute Gasteiger partial charge is 0.335 e. The molecule has 1 aliphatic heterocycles. The van der Waals surface area contributed by atoms with Gasteiger partial charge in [-0.15, -0.1) is 0 Å². The molecule has 0 unspecified atom stereocenters. The first-order valence-electron chi connectivity index (χ1n) is 7.37. The summed E-state index contributed by atoms with van der Waals surface area (Å²) in [7, 11) is 0. The van der Waals surface area contributed by atoms with E-state index in [1.807, 2.05) is 6.07 Å². The van der Waals surface area contributed by atoms with E-state index in [-0.39, 0.29) is 6.17 Å². The van der Waals surface area contributed by atoms with Crippen molar-refractivity contribution in [3.8, 4) is 0 Å². The highest BCUT2D eigenvalue weighted by Gasteiger charge is 2.23. The molecule has 0 radical (unpaired) electrons. The number of nitrogens with zero attached hydrogens (tertiary/aromatic N) is 3. The van der Waals surface area contributed by atoms with Crippen molar-refractivity contribution in [2.45, 2.75) is 25.4 Å². The Bertz CT molecular complexity index is 648. The van der Waals surface area contributed by atoms with Crippen LogP contribution in [0.25, 0.3) is 0 Å². The monoisotopic (exact) mass is 298 g/mol. The van der Waals surface area contributed by atoms with Gasteiger partial charge in [-0.25, -0.2) is 14.8 Å². The molecule has 6 heteroatoms. The molecule has 1 fully saturated rings. The van der Waals surface area contributed by atoms with Gasteiger partial charge in [0.1, 0.15) is 6.17 Å². The Morgan fingerprint density at radius 3 is 2.82 bits per heavy atom. The van der Waals surface area contributed by atoms with Crippen LogP contribution in [-0.4, -0.2) is 33.8 Å². The van der Waals surface area contributed by atoms with Crippen LogP contribution < -0.4 is 10.2 Å². The number of hydrogen-bond donors (Lipinski definition) is 2. The highest BCUT2D eigenvalue weighted by Crippen LogP contribution is 2.26. The maximum Gasteiger partial charge on any atom is 0.335 e. The molecule has 3 rings (SSSR count). The number of rotatable bonds is 4. The Hall–Kier alpha value is -2.63. The molecular weight excluding hydrogens is 280 g/mol. The predicted octanol–water partition coefficient (Wildman–Crippen LogP) is 2.60. The first-order chi connectivity index (χ1) is 10.7. The highest BCUT2D eigenvalue weighted by atomic mass is 16.4. The SMILES string of the molecule is O=C(O)c1cccc(N2CCCC[C@H]2Nc2ncccn2)c1. The average molecular weight is 298 g/mol. The van der Waals surface area contributed by atoms with Gasteiger partial charge in [0.05, 0.1) is 5.56 Å². The van der Waals surface area contributed by atoms with Crippen LogP contribution in [0.1, 0.15) is 29.6 Å². The van der Waals surface area contributed by atoms with Crippen molar-refractivity contribution in [3.63, 3.8) is 0 Å². The van der Waals surface area contributed by atoms with E-state index in [4.69, 9.17) is 5.11 Å². The van der Waals surface area contributed by atoms with Crippen molar-refractivity contribution in [3.05, 3.63) is 48.3 Å². The molecule has 6 nitrogen and oxygen atoms in total. The fourth-order valence-corrected chi connectivity index (χ4v) is 2.73. The number of hydrogen-bond acceptors (Lipinski definition) is 5. The number of benzene rings is 1. The van der Waals surface area contributed by atoms with Crippen molar-refractivity contribution in [1.29, 1.82) is 0 Å². The van der Waals surface area contributed by atoms with Crippen molar-refractivity contribution in [2.24, 2.45) is 0 Å². The summed E-state index contributed by atoms with van der Waals surface area (Å²) >= 11 is 0. The molecule has 0 spiro atoms. The van der Waals surface area contributed by atoms with Gasteiger partial charge in [0.25, 0.3) is 0 Å². The number of nitrogens with one attached hydrogen (secondary N) is 1. The molecule has 1 aliphatic rings. The number of aromatic nitrogens is 2. The first-order valence-corrected chi connectivity index (χ1v) is 7.37. The lowest BCUT2D eigenvalue weighted by atomic mass is 10.1. The quantitative estimate of drug-likeness (QED) is 0.903. The predicted molar refractivity (Wildman–Crippen MR) is 84.0 cm³/mol. The zero-order chi connectivity index (χ0) is 15.4. The molecule has 0 saturated carbocycles. The number of carboxylic acid groups (broad SMARTS) is 1. The maximum absolute atomic E-state index is 11.2. The second-order valence-electron chi connectivity index (χ2n) is 5.28. The van der Waals surface area contributed by atoms with Gasteiger partial charge < -0.3 is 15.3 Å². The normalized spacial score (nSPS) is 18.0. The topological polar surface area (TPSA) is 78.4 Å². The fourth-order valence-electron chi connectivity index (χ4n) is 2.73. The van der Waals surface area contributed by atoms with E-state index in [2.05, 4.69) is 20.2 Å². The maximum atomic E-state index is 11.2. The van der Waals surface area contributed by atoms with E-state index in [0.29, 0.717) is 11.5 Å². The number of aromatic carboxylic acids is 1. The van der Waals surface area contributed by atoms with Crippen molar-refractivity contribution in [1.82, 2.24) is 9.97 Å². The molecule has 114 valence electrons. The van der Waals surface area contributed by atoms with Gasteiger partial charge in [-0.3, -0.25) is 0 Å². The van der Waals surface area contributed by atoms with Crippen LogP contribution in [0, 0.1) is 0 Å². The molecule has 2 aromatic rings. The van der Waals surface area contributed by atoms with Gasteiger partial charge in [0.2, 0.25) is 5.95 Å². The second-order valence-corrected chi connectivity index (χ2v) is 5.28. The molecule has 0 bridgehead atoms. The van der Waals surface area contributed by atoms with Crippen LogP contribution in [0.15, 0.2) is 42.7 Å². The van der Waals surface area contributed by atoms with E-state index in [9.17, 15) is 4.79 Å². The van der Waals surface area contributed by atoms with Gasteiger partial charge in [0, 0.05) is 24.6 Å². The Morgan fingerprint density at radius 1 is 1.23 bits per heavy atom. The summed E-state index contributed by atoms with van der Waals surface area (Å²) in [6.45, 7) is 0.883. The standard InChI is InChI=1S/C16H18N4O2/c21-15(22)12-5-3-6-13(11-12)20-10-2-1-7-14(20)19-16-17-8-4-9-18-16/h3-6,8-9,11,14H,1-2,7,10H2,(H,21,22)(H,17,18,19)/t14-/m0/s1. The first kappa shape index (κ1) is 14.3. The number of piperidine rings is 1. The lowest BCUT2D eigenvalue weighted by Gasteiger charge is -2.38. The minimum atomic E-state index is -0.908. The van der Waals surface area contributed by atoms with Crippen molar-refractivity contribution in [2.75, 3.05) is 16.8 Å². The summed E-state index contributed by atoms with van der Waals surface area (Å²) in [5.41, 5.74) is 1.21. The zero-order valence-corrected chi connectivity index (χ0v) is 12.1. The third-order valence-electron chi connectivity index (χ3n) is 3.79. The van der Waals surface area contributed by atoms with Crippen LogP contribution in [0.4, 0.5) is 11.6 Å². The summed E-state index contributed by atoms with van der Waals surface area (Å²) in [6, 6.07) is 8.83. The van der Waals surface area contributed by atoms with Crippen molar-refractivity contribution >= 4 is 17.6 Å². The van der Waals surface area contributed by atoms with E-state index in [1.165, 1.54) is 0 Å². The van der Waals surface area contributed by atoms with Gasteiger partial charge >= 0.3 is 5.97 Å². The van der Waals surface area contributed by atoms with E-state index >= 15 is 0 Å². The summed E-state index contributed by atoms with van der Waals surface area (Å²) < 4.78 is 0. The van der Waals surface area contributed by atoms with Crippen LogP contribution in [0.3, 0.4) is 0 Å². The van der Waals surface area contributed by atoms with Gasteiger partial charge in [-0.05, 0) is 43.5 Å². The minimum absolute atomic E-state index is 0.0696. The fraction of sp³-hybridized carbons (Fsp3) is 0.312. The van der Waals surface area contributed by atoms with E-state index < -0.39 is 5.97 Å². The molecule has 1 aromatic carbocycles. The second kappa shape index (κ2) is 6.43. The van der Waals surface area contributed by atoms with Crippen LogP contribution in [0.2, 0.25) is 0 Å². The van der Waals surface area contributed by atoms with Gasteiger partial charge in [0.15, 0.2) is 0 Å². The van der Waals surface area contributed by atoms with E-state index in [0.717, 1.165) is 31.5 Å². The Kier molecular flexibility index (Phi) is 4.18. The van der Waals surface area contributed by atoms with Gasteiger partial charge in [-0.2, -0.15) is 0 Å². The average Bonchev–Trinajstić information content (AvgIpc) is 2.56. The van der Waals surface area contributed by atoms with Crippen LogP contribution >= 0.6 is 0 Å². The Morgan fingerprint density at radius 2 is 2.05 bits per heavy atom. The molecule has 1 saturated heterocycles. The third kappa shape index (κ3) is 3.16. The van der Waals surface area contributed by atoms with E-state index in [1.54, 1.807) is 36.7 Å². The lowest BCUT2D eigenvalue weighted by molar-refractivity contribution is 0.0697. The molecule has 1 atom stereocenters. The Labute approximate surface area is 128 Å². The van der Waals surface area contributed by atoms with Crippen LogP contribution in [0.5, 0.6) is 0 Å². The molecule has 2 heterocycles. The molecular formula is C16H18N4O2. The molecule has 22 heavy (non-hydrogen) atoms. The summed E-state index contributed by atoms with van der Waals surface area (Å²) in [4.78, 5) is 21.7. The molecule has 2 N–H and O–H groups in total. The minimum Gasteiger partial charge on any atom is -0.478 e. The summed E-state index contributed by atoms with van der Waals surface area (Å²) in [6.07, 6.45) is 6.65. The van der Waals surface area contributed by atoms with Crippen molar-refractivity contribution < 1.29 is 9.90 Å². The summed E-state index contributed by atoms with van der Waals surface area (Å²) in [5, 5.41) is 12.5. The summed E-state index contributed by atoms with van der Waals surface area (Å²) in [5.74, 6) is -0.316. The highest BCUT2D eigenvalue weighted by molar-refractivity contribution is 5.88. The third-order valence-corrected chi connectivity index (χ3v) is 3.79. The van der Waals surface area contributed by atoms with Crippen LogP contribution in [-0.2, 0) is 0 Å². The molecule has 1 aromatic heterocycles. The lowest BCUT2D eigenvalue weighted by Crippen LogP contribution is -2.45.